The first kappa shape index (κ1) is 76.8. The lowest BCUT2D eigenvalue weighted by Gasteiger charge is -2.18. The minimum Gasteiger partial charge on any atom is -0.462 e. The Balaban J connectivity index is 4.29. The first-order valence-corrected chi connectivity index (χ1v) is 34.0. The summed E-state index contributed by atoms with van der Waals surface area (Å²) < 4.78 is 16.9. The molecule has 1 atom stereocenters. The number of rotatable bonds is 61. The number of hydrogen-bond acceptors (Lipinski definition) is 6. The van der Waals surface area contributed by atoms with Gasteiger partial charge in [0.1, 0.15) is 13.2 Å². The predicted octanol–water partition coefficient (Wildman–Crippen LogP) is 23.6. The zero-order valence-electron chi connectivity index (χ0n) is 53.0. The molecule has 0 aliphatic rings. The summed E-state index contributed by atoms with van der Waals surface area (Å²) >= 11 is 0. The van der Waals surface area contributed by atoms with Crippen molar-refractivity contribution < 1.29 is 28.6 Å². The highest BCUT2D eigenvalue weighted by atomic mass is 16.6. The molecule has 0 aromatic carbocycles. The number of allylic oxidation sites excluding steroid dienone is 20. The van der Waals surface area contributed by atoms with Crippen LogP contribution in [0.5, 0.6) is 0 Å². The minimum absolute atomic E-state index is 0.0927. The summed E-state index contributed by atoms with van der Waals surface area (Å²) in [6, 6.07) is 0. The summed E-state index contributed by atoms with van der Waals surface area (Å²) in [5, 5.41) is 0. The second-order valence-electron chi connectivity index (χ2n) is 22.3. The average Bonchev–Trinajstić information content (AvgIpc) is 3.47. The fourth-order valence-electron chi connectivity index (χ4n) is 9.32. The fourth-order valence-corrected chi connectivity index (χ4v) is 9.32. The molecule has 0 fully saturated rings. The maximum Gasteiger partial charge on any atom is 0.306 e. The quantitative estimate of drug-likeness (QED) is 0.0261. The van der Waals surface area contributed by atoms with Gasteiger partial charge in [0.05, 0.1) is 0 Å². The summed E-state index contributed by atoms with van der Waals surface area (Å²) in [5.41, 5.74) is 0. The zero-order chi connectivity index (χ0) is 58.5. The van der Waals surface area contributed by atoms with Crippen LogP contribution in [-0.2, 0) is 28.6 Å². The van der Waals surface area contributed by atoms with Gasteiger partial charge in [-0.15, -0.1) is 0 Å². The van der Waals surface area contributed by atoms with Crippen molar-refractivity contribution in [2.24, 2.45) is 0 Å². The second-order valence-corrected chi connectivity index (χ2v) is 22.3. The largest absolute Gasteiger partial charge is 0.462 e. The van der Waals surface area contributed by atoms with Gasteiger partial charge in [-0.05, 0) is 128 Å². The Bertz CT molecular complexity index is 1670. The Morgan fingerprint density at radius 1 is 0.259 bits per heavy atom. The van der Waals surface area contributed by atoms with E-state index in [4.69, 9.17) is 14.2 Å². The molecule has 0 bridgehead atoms. The molecule has 0 amide bonds. The van der Waals surface area contributed by atoms with Crippen molar-refractivity contribution >= 4 is 17.9 Å². The van der Waals surface area contributed by atoms with Crippen molar-refractivity contribution in [1.82, 2.24) is 0 Å². The Kier molecular flexibility index (Phi) is 64.8. The van der Waals surface area contributed by atoms with Gasteiger partial charge in [-0.3, -0.25) is 14.4 Å². The lowest BCUT2D eigenvalue weighted by Crippen LogP contribution is -2.30. The summed E-state index contributed by atoms with van der Waals surface area (Å²) in [7, 11) is 0. The number of carbonyl (C=O) groups is 3. The minimum atomic E-state index is -0.799. The Morgan fingerprint density at radius 2 is 0.494 bits per heavy atom. The molecule has 0 heterocycles. The predicted molar refractivity (Wildman–Crippen MR) is 353 cm³/mol. The van der Waals surface area contributed by atoms with Gasteiger partial charge < -0.3 is 14.2 Å². The van der Waals surface area contributed by atoms with Gasteiger partial charge in [-0.1, -0.05) is 290 Å². The monoisotopic (exact) mass is 1120 g/mol. The molecule has 0 saturated carbocycles. The van der Waals surface area contributed by atoms with Crippen LogP contribution in [0.3, 0.4) is 0 Å². The van der Waals surface area contributed by atoms with E-state index in [-0.39, 0.29) is 31.1 Å². The third-order valence-electron chi connectivity index (χ3n) is 14.4. The molecule has 0 rings (SSSR count). The van der Waals surface area contributed by atoms with E-state index in [2.05, 4.69) is 142 Å². The van der Waals surface area contributed by atoms with Crippen LogP contribution in [0.25, 0.3) is 0 Å². The molecule has 6 nitrogen and oxygen atoms in total. The van der Waals surface area contributed by atoms with Crippen LogP contribution in [0, 0.1) is 0 Å². The summed E-state index contributed by atoms with van der Waals surface area (Å²) in [5.74, 6) is -0.923. The van der Waals surface area contributed by atoms with Crippen LogP contribution in [0.4, 0.5) is 0 Å². The van der Waals surface area contributed by atoms with Gasteiger partial charge >= 0.3 is 17.9 Å². The SMILES string of the molecule is CC/C=C\C/C=C\C/C=C\C/C=C\C/C=C\C/C=C\CCCCCCC(=O)OC(COC(=O)CCCCCCC/C=C\CCCC)COC(=O)CCCCCCCCCCCCCCCC/C=C\C/C=C\C/C=C\CCCCCCC. The van der Waals surface area contributed by atoms with Crippen molar-refractivity contribution in [3.05, 3.63) is 122 Å². The Morgan fingerprint density at radius 3 is 0.802 bits per heavy atom. The fraction of sp³-hybridized carbons (Fsp3) is 0.693. The molecule has 6 heteroatoms. The second kappa shape index (κ2) is 68.3. The molecule has 0 aliphatic heterocycles. The molecule has 81 heavy (non-hydrogen) atoms. The molecule has 462 valence electrons. The number of unbranched alkanes of at least 4 members (excludes halogenated alkanes) is 30. The normalized spacial score (nSPS) is 12.9. The molecule has 0 spiro atoms. The Labute approximate surface area is 501 Å². The van der Waals surface area contributed by atoms with E-state index in [0.717, 1.165) is 135 Å². The van der Waals surface area contributed by atoms with Gasteiger partial charge in [0.25, 0.3) is 0 Å². The summed E-state index contributed by atoms with van der Waals surface area (Å²) in [4.78, 5) is 38.3. The number of carbonyl (C=O) groups excluding carboxylic acids is 3. The highest BCUT2D eigenvalue weighted by molar-refractivity contribution is 5.71. The average molecular weight is 1120 g/mol. The third-order valence-corrected chi connectivity index (χ3v) is 14.4. The highest BCUT2D eigenvalue weighted by Gasteiger charge is 2.19. The topological polar surface area (TPSA) is 78.9 Å². The summed E-state index contributed by atoms with van der Waals surface area (Å²) in [6.07, 6.45) is 95.1. The van der Waals surface area contributed by atoms with Gasteiger partial charge in [0.15, 0.2) is 6.10 Å². The maximum atomic E-state index is 12.9. The van der Waals surface area contributed by atoms with Crippen molar-refractivity contribution in [2.45, 2.75) is 322 Å². The third kappa shape index (κ3) is 66.5. The van der Waals surface area contributed by atoms with Crippen molar-refractivity contribution in [3.63, 3.8) is 0 Å². The molecular formula is C75H126O6. The van der Waals surface area contributed by atoms with Gasteiger partial charge in [-0.2, -0.15) is 0 Å². The number of ether oxygens (including phenoxy) is 3. The van der Waals surface area contributed by atoms with E-state index in [9.17, 15) is 14.4 Å². The van der Waals surface area contributed by atoms with E-state index in [1.165, 1.54) is 141 Å². The van der Waals surface area contributed by atoms with E-state index in [1.54, 1.807) is 0 Å². The van der Waals surface area contributed by atoms with Gasteiger partial charge in [-0.25, -0.2) is 0 Å². The van der Waals surface area contributed by atoms with Crippen LogP contribution in [0.1, 0.15) is 316 Å². The van der Waals surface area contributed by atoms with Crippen molar-refractivity contribution in [1.29, 1.82) is 0 Å². The molecular weight excluding hydrogens is 997 g/mol. The van der Waals surface area contributed by atoms with E-state index in [1.807, 2.05) is 0 Å². The molecule has 0 radical (unpaired) electrons. The Hall–Kier alpha value is -4.19. The van der Waals surface area contributed by atoms with Gasteiger partial charge in [0, 0.05) is 19.3 Å². The molecule has 0 saturated heterocycles. The smallest absolute Gasteiger partial charge is 0.306 e. The maximum absolute atomic E-state index is 12.9. The molecule has 0 aromatic rings. The van der Waals surface area contributed by atoms with E-state index >= 15 is 0 Å². The lowest BCUT2D eigenvalue weighted by molar-refractivity contribution is -0.167. The molecule has 0 aromatic heterocycles. The lowest BCUT2D eigenvalue weighted by atomic mass is 10.0. The number of esters is 3. The zero-order valence-corrected chi connectivity index (χ0v) is 53.0. The van der Waals surface area contributed by atoms with E-state index in [0.29, 0.717) is 19.3 Å². The van der Waals surface area contributed by atoms with Crippen LogP contribution >= 0.6 is 0 Å². The first-order chi connectivity index (χ1) is 40.0. The van der Waals surface area contributed by atoms with Crippen LogP contribution in [-0.4, -0.2) is 37.2 Å². The standard InChI is InChI=1S/C75H126O6/c1-4-7-10-13-16-19-22-24-26-28-30-32-34-35-36-37-38-39-41-42-44-46-48-50-53-56-59-62-65-68-74(77)80-71-72(70-79-73(76)67-64-61-58-55-52-21-18-15-12-9-6-3)81-75(78)69-66-63-60-57-54-51-49-47-45-43-40-33-31-29-27-25-23-20-17-14-11-8-5-2/h8,11,15,17-18,20,22,24-25,27-28,30-31,33-35,43,45,49,51,72H,4-7,9-10,12-14,16,19,21,23,26,29,32,36-42,44,46-48,50,52-71H2,1-3H3/b11-8-,18-15-,20-17-,24-22-,27-25-,30-28-,33-31-,35-34-,45-43-,51-49-. The van der Waals surface area contributed by atoms with E-state index < -0.39 is 6.10 Å². The van der Waals surface area contributed by atoms with Crippen molar-refractivity contribution in [2.75, 3.05) is 13.2 Å². The van der Waals surface area contributed by atoms with Crippen LogP contribution in [0.15, 0.2) is 122 Å². The molecule has 0 aliphatic carbocycles. The highest BCUT2D eigenvalue weighted by Crippen LogP contribution is 2.16. The number of hydrogen-bond donors (Lipinski definition) is 0. The molecule has 0 N–H and O–H groups in total. The van der Waals surface area contributed by atoms with Crippen LogP contribution < -0.4 is 0 Å². The first-order valence-electron chi connectivity index (χ1n) is 34.0. The van der Waals surface area contributed by atoms with Crippen molar-refractivity contribution in [3.8, 4) is 0 Å². The van der Waals surface area contributed by atoms with Crippen LogP contribution in [0.2, 0.25) is 0 Å². The van der Waals surface area contributed by atoms with Gasteiger partial charge in [0.2, 0.25) is 0 Å². The molecule has 1 unspecified atom stereocenters. The summed E-state index contributed by atoms with van der Waals surface area (Å²) in [6.45, 7) is 6.47.